The molecule has 3 heterocycles. The highest BCUT2D eigenvalue weighted by Gasteiger charge is 2.22. The molecular weight excluding hydrogens is 390 g/mol. The summed E-state index contributed by atoms with van der Waals surface area (Å²) in [5.74, 6) is 2.58. The predicted octanol–water partition coefficient (Wildman–Crippen LogP) is 2.32. The van der Waals surface area contributed by atoms with Crippen LogP contribution in [0.1, 0.15) is 42.9 Å². The van der Waals surface area contributed by atoms with Crippen molar-refractivity contribution in [2.24, 2.45) is 12.0 Å². The Morgan fingerprint density at radius 2 is 2.00 bits per heavy atom. The SMILES string of the molecule is Cc1ccc(N2CCCC(NC(=NCc3nnc(C)n3C)NCC3CCCO3)C2)cc1. The van der Waals surface area contributed by atoms with Gasteiger partial charge in [0.15, 0.2) is 11.8 Å². The first-order valence-electron chi connectivity index (χ1n) is 11.4. The quantitative estimate of drug-likeness (QED) is 0.546. The smallest absolute Gasteiger partial charge is 0.192 e. The first-order chi connectivity index (χ1) is 15.1. The number of hydrogen-bond donors (Lipinski definition) is 2. The number of aromatic nitrogens is 3. The first kappa shape index (κ1) is 21.6. The van der Waals surface area contributed by atoms with Crippen LogP contribution in [0.2, 0.25) is 0 Å². The Balaban J connectivity index is 1.41. The van der Waals surface area contributed by atoms with Crippen LogP contribution in [0.25, 0.3) is 0 Å². The Labute approximate surface area is 185 Å². The fourth-order valence-corrected chi connectivity index (χ4v) is 4.19. The maximum Gasteiger partial charge on any atom is 0.192 e. The molecule has 2 fully saturated rings. The van der Waals surface area contributed by atoms with Crippen LogP contribution in [0, 0.1) is 13.8 Å². The number of aryl methyl sites for hydroxylation is 2. The molecule has 8 heteroatoms. The lowest BCUT2D eigenvalue weighted by Crippen LogP contribution is -2.52. The monoisotopic (exact) mass is 425 g/mol. The standard InChI is InChI=1S/C23H35N7O/c1-17-8-10-20(11-9-17)30-12-4-6-19(16-30)26-23(24-14-21-7-5-13-31-21)25-15-22-28-27-18(2)29(22)3/h8-11,19,21H,4-7,12-16H2,1-3H3,(H2,24,25,26). The highest BCUT2D eigenvalue weighted by Crippen LogP contribution is 2.20. The van der Waals surface area contributed by atoms with Crippen LogP contribution >= 0.6 is 0 Å². The molecule has 0 spiro atoms. The molecule has 0 bridgehead atoms. The molecule has 2 aliphatic rings. The zero-order valence-corrected chi connectivity index (χ0v) is 19.0. The lowest BCUT2D eigenvalue weighted by atomic mass is 10.0. The third-order valence-electron chi connectivity index (χ3n) is 6.24. The van der Waals surface area contributed by atoms with Crippen molar-refractivity contribution in [1.29, 1.82) is 0 Å². The molecule has 4 rings (SSSR count). The van der Waals surface area contributed by atoms with Gasteiger partial charge in [0.1, 0.15) is 12.4 Å². The van der Waals surface area contributed by atoms with E-state index in [-0.39, 0.29) is 6.10 Å². The van der Waals surface area contributed by atoms with Gasteiger partial charge in [0.05, 0.1) is 6.10 Å². The van der Waals surface area contributed by atoms with E-state index in [4.69, 9.17) is 9.73 Å². The second kappa shape index (κ2) is 10.1. The van der Waals surface area contributed by atoms with Crippen molar-refractivity contribution in [2.45, 2.75) is 58.2 Å². The van der Waals surface area contributed by atoms with Gasteiger partial charge in [-0.15, -0.1) is 10.2 Å². The van der Waals surface area contributed by atoms with Crippen LogP contribution in [0.3, 0.4) is 0 Å². The molecule has 2 N–H and O–H groups in total. The number of aliphatic imine (C=N–C) groups is 1. The number of anilines is 1. The second-order valence-electron chi connectivity index (χ2n) is 8.67. The number of nitrogens with one attached hydrogen (secondary N) is 2. The van der Waals surface area contributed by atoms with Crippen LogP contribution in [0.4, 0.5) is 5.69 Å². The first-order valence-corrected chi connectivity index (χ1v) is 11.4. The molecule has 0 saturated carbocycles. The lowest BCUT2D eigenvalue weighted by molar-refractivity contribution is 0.113. The van der Waals surface area contributed by atoms with E-state index >= 15 is 0 Å². The lowest BCUT2D eigenvalue weighted by Gasteiger charge is -2.35. The minimum Gasteiger partial charge on any atom is -0.376 e. The molecule has 8 nitrogen and oxygen atoms in total. The molecule has 2 atom stereocenters. The Kier molecular flexibility index (Phi) is 7.06. The van der Waals surface area contributed by atoms with E-state index < -0.39 is 0 Å². The minimum absolute atomic E-state index is 0.263. The summed E-state index contributed by atoms with van der Waals surface area (Å²) >= 11 is 0. The van der Waals surface area contributed by atoms with Gasteiger partial charge in [0.25, 0.3) is 0 Å². The molecule has 2 aromatic rings. The van der Waals surface area contributed by atoms with Gasteiger partial charge < -0.3 is 24.8 Å². The number of nitrogens with zero attached hydrogens (tertiary/aromatic N) is 5. The number of benzene rings is 1. The Bertz CT molecular complexity index is 871. The van der Waals surface area contributed by atoms with E-state index in [0.717, 1.165) is 69.5 Å². The molecule has 0 amide bonds. The largest absolute Gasteiger partial charge is 0.376 e. The van der Waals surface area contributed by atoms with Crippen molar-refractivity contribution in [2.75, 3.05) is 31.1 Å². The van der Waals surface area contributed by atoms with Crippen molar-refractivity contribution in [3.8, 4) is 0 Å². The van der Waals surface area contributed by atoms with Crippen molar-refractivity contribution in [1.82, 2.24) is 25.4 Å². The van der Waals surface area contributed by atoms with Gasteiger partial charge in [-0.05, 0) is 51.7 Å². The van der Waals surface area contributed by atoms with Gasteiger partial charge in [-0.2, -0.15) is 0 Å². The molecule has 1 aromatic carbocycles. The molecule has 1 aromatic heterocycles. The zero-order valence-electron chi connectivity index (χ0n) is 19.0. The summed E-state index contributed by atoms with van der Waals surface area (Å²) in [6.07, 6.45) is 4.80. The summed E-state index contributed by atoms with van der Waals surface area (Å²) in [5.41, 5.74) is 2.58. The maximum atomic E-state index is 5.78. The number of rotatable bonds is 6. The van der Waals surface area contributed by atoms with E-state index in [2.05, 4.69) is 56.9 Å². The van der Waals surface area contributed by atoms with Crippen LogP contribution in [-0.2, 0) is 18.3 Å². The molecule has 0 radical (unpaired) electrons. The van der Waals surface area contributed by atoms with Crippen molar-refractivity contribution in [3.63, 3.8) is 0 Å². The zero-order chi connectivity index (χ0) is 21.6. The van der Waals surface area contributed by atoms with Gasteiger partial charge in [-0.3, -0.25) is 0 Å². The van der Waals surface area contributed by atoms with Crippen LogP contribution in [-0.4, -0.2) is 59.1 Å². The molecule has 2 saturated heterocycles. The van der Waals surface area contributed by atoms with Crippen molar-refractivity contribution >= 4 is 11.6 Å². The molecule has 2 aliphatic heterocycles. The van der Waals surface area contributed by atoms with E-state index in [1.165, 1.54) is 11.3 Å². The Hall–Kier alpha value is -2.61. The predicted molar refractivity (Wildman–Crippen MR) is 123 cm³/mol. The van der Waals surface area contributed by atoms with Crippen molar-refractivity contribution in [3.05, 3.63) is 41.5 Å². The molecular formula is C23H35N7O. The van der Waals surface area contributed by atoms with Gasteiger partial charge in [-0.25, -0.2) is 4.99 Å². The summed E-state index contributed by atoms with van der Waals surface area (Å²) in [4.78, 5) is 7.29. The Morgan fingerprint density at radius 1 is 1.16 bits per heavy atom. The number of ether oxygens (including phenoxy) is 1. The average molecular weight is 426 g/mol. The normalized spacial score (nSPS) is 22.0. The molecule has 2 unspecified atom stereocenters. The number of hydrogen-bond acceptors (Lipinski definition) is 5. The topological polar surface area (TPSA) is 79.6 Å². The van der Waals surface area contributed by atoms with E-state index in [0.29, 0.717) is 12.6 Å². The molecule has 31 heavy (non-hydrogen) atoms. The number of piperidine rings is 1. The minimum atomic E-state index is 0.263. The number of guanidine groups is 1. The highest BCUT2D eigenvalue weighted by atomic mass is 16.5. The van der Waals surface area contributed by atoms with Gasteiger partial charge in [0.2, 0.25) is 0 Å². The van der Waals surface area contributed by atoms with E-state index in [9.17, 15) is 0 Å². The van der Waals surface area contributed by atoms with Gasteiger partial charge in [0, 0.05) is 45.0 Å². The highest BCUT2D eigenvalue weighted by molar-refractivity contribution is 5.80. The van der Waals surface area contributed by atoms with Crippen LogP contribution < -0.4 is 15.5 Å². The summed E-state index contributed by atoms with van der Waals surface area (Å²) in [6.45, 7) is 8.27. The third kappa shape index (κ3) is 5.76. The summed E-state index contributed by atoms with van der Waals surface area (Å²) in [5, 5.41) is 15.6. The maximum absolute atomic E-state index is 5.78. The van der Waals surface area contributed by atoms with Gasteiger partial charge >= 0.3 is 0 Å². The fourth-order valence-electron chi connectivity index (χ4n) is 4.19. The summed E-state index contributed by atoms with van der Waals surface area (Å²) < 4.78 is 7.77. The summed E-state index contributed by atoms with van der Waals surface area (Å²) in [6, 6.07) is 9.15. The second-order valence-corrected chi connectivity index (χ2v) is 8.67. The van der Waals surface area contributed by atoms with Crippen LogP contribution in [0.5, 0.6) is 0 Å². The molecule has 168 valence electrons. The van der Waals surface area contributed by atoms with Gasteiger partial charge in [-0.1, -0.05) is 17.7 Å². The molecule has 0 aliphatic carbocycles. The van der Waals surface area contributed by atoms with Crippen LogP contribution in [0.15, 0.2) is 29.3 Å². The third-order valence-corrected chi connectivity index (χ3v) is 6.24. The fraction of sp³-hybridized carbons (Fsp3) is 0.609. The average Bonchev–Trinajstić information content (AvgIpc) is 3.41. The van der Waals surface area contributed by atoms with Crippen molar-refractivity contribution < 1.29 is 4.74 Å². The van der Waals surface area contributed by atoms with E-state index in [1.54, 1.807) is 0 Å². The Morgan fingerprint density at radius 3 is 2.71 bits per heavy atom. The summed E-state index contributed by atoms with van der Waals surface area (Å²) in [7, 11) is 1.98. The van der Waals surface area contributed by atoms with E-state index in [1.807, 2.05) is 18.5 Å².